The van der Waals surface area contributed by atoms with Crippen molar-refractivity contribution in [3.63, 3.8) is 0 Å². The number of hydrogen-bond donors (Lipinski definition) is 4. The van der Waals surface area contributed by atoms with Crippen LogP contribution in [-0.4, -0.2) is 32.1 Å². The highest BCUT2D eigenvalue weighted by molar-refractivity contribution is 6.68. The first-order valence-corrected chi connectivity index (χ1v) is 14.9. The molecule has 4 N–H and O–H groups in total. The Bertz CT molecular complexity index is 1330. The van der Waals surface area contributed by atoms with Crippen molar-refractivity contribution in [1.29, 1.82) is 0 Å². The van der Waals surface area contributed by atoms with Gasteiger partial charge in [-0.1, -0.05) is 128 Å². The van der Waals surface area contributed by atoms with Gasteiger partial charge < -0.3 is 20.1 Å². The molecule has 0 saturated carbocycles. The lowest BCUT2D eigenvalue weighted by Crippen LogP contribution is -2.50. The van der Waals surface area contributed by atoms with Crippen LogP contribution in [0.5, 0.6) is 11.5 Å². The number of para-hydroxylation sites is 2. The minimum atomic E-state index is -2.19. The number of rotatable bonds is 8. The van der Waals surface area contributed by atoms with Gasteiger partial charge in [-0.15, -0.1) is 0 Å². The van der Waals surface area contributed by atoms with E-state index < -0.39 is 32.1 Å². The van der Waals surface area contributed by atoms with Gasteiger partial charge in [0.05, 0.1) is 20.1 Å². The molecule has 3 rings (SSSR count). The third-order valence-corrected chi connectivity index (χ3v) is 7.48. The molecular weight excluding hydrogens is 763 g/mol. The van der Waals surface area contributed by atoms with Crippen LogP contribution in [0, 0.1) is 0 Å². The highest BCUT2D eigenvalue weighted by atomic mass is 35.6. The molecule has 0 saturated heterocycles. The Balaban J connectivity index is 1.76. The summed E-state index contributed by atoms with van der Waals surface area (Å²) >= 11 is 60.2. The lowest BCUT2D eigenvalue weighted by atomic mass is 10.3. The summed E-state index contributed by atoms with van der Waals surface area (Å²) < 4.78 is 7.18. The van der Waals surface area contributed by atoms with Crippen LogP contribution in [-0.2, 0) is 0 Å². The smallest absolute Gasteiger partial charge is 0.322 e. The predicted octanol–water partition coefficient (Wildman–Crippen LogP) is 10.1. The number of anilines is 2. The molecule has 3 aromatic carbocycles. The van der Waals surface area contributed by atoms with Crippen molar-refractivity contribution in [2.24, 2.45) is 0 Å². The van der Waals surface area contributed by atoms with Crippen molar-refractivity contribution in [3.8, 4) is 11.5 Å². The van der Waals surface area contributed by atoms with Crippen LogP contribution >= 0.6 is 116 Å². The van der Waals surface area contributed by atoms with Gasteiger partial charge in [0.25, 0.3) is 0 Å². The summed E-state index contributed by atoms with van der Waals surface area (Å²) in [5.74, 6) is -0.121. The maximum absolute atomic E-state index is 12.7. The maximum Gasteiger partial charge on any atom is 0.322 e. The Morgan fingerprint density at radius 3 is 1.24 bits per heavy atom. The van der Waals surface area contributed by atoms with Crippen molar-refractivity contribution in [2.45, 2.75) is 20.0 Å². The van der Waals surface area contributed by atoms with Gasteiger partial charge in [0.2, 0.25) is 20.0 Å². The molecule has 0 aromatic heterocycles. The number of alkyl halides is 6. The lowest BCUT2D eigenvalue weighted by Gasteiger charge is -2.29. The monoisotopic (exact) mass is 774 g/mol. The number of ether oxygens (including phenoxy) is 2. The number of carbonyl (C=O) groups is 2. The van der Waals surface area contributed by atoms with E-state index in [1.165, 1.54) is 48.5 Å². The molecule has 0 spiro atoms. The van der Waals surface area contributed by atoms with E-state index in [9.17, 15) is 9.59 Å². The van der Waals surface area contributed by atoms with E-state index >= 15 is 0 Å². The second-order valence-electron chi connectivity index (χ2n) is 7.98. The Kier molecular flexibility index (Phi) is 12.7. The highest BCUT2D eigenvalue weighted by Gasteiger charge is 2.39. The molecule has 0 aliphatic heterocycles. The van der Waals surface area contributed by atoms with Gasteiger partial charge in [-0.2, -0.15) is 0 Å². The topological polar surface area (TPSA) is 101 Å². The zero-order valence-corrected chi connectivity index (χ0v) is 27.9. The Morgan fingerprint density at radius 2 is 0.929 bits per heavy atom. The SMILES string of the molecule is O=C(Nc1ccc(Cl)c(Cl)c1)N[C@H](Oc1ccccc1O[C@@H](NC(=O)Nc1ccc(Cl)c(Cl)c1)C(Cl)(Cl)Cl)C(Cl)(Cl)Cl. The van der Waals surface area contributed by atoms with Gasteiger partial charge in [-0.25, -0.2) is 9.59 Å². The van der Waals surface area contributed by atoms with Gasteiger partial charge >= 0.3 is 12.1 Å². The molecule has 4 amide bonds. The molecule has 18 heteroatoms. The van der Waals surface area contributed by atoms with E-state index in [0.29, 0.717) is 11.4 Å². The quantitative estimate of drug-likeness (QED) is 0.135. The largest absolute Gasteiger partial charge is 0.462 e. The van der Waals surface area contributed by atoms with Crippen molar-refractivity contribution in [1.82, 2.24) is 10.6 Å². The van der Waals surface area contributed by atoms with Gasteiger partial charge in [0.1, 0.15) is 0 Å². The summed E-state index contributed by atoms with van der Waals surface area (Å²) in [5, 5.41) is 10.8. The molecule has 0 aliphatic rings. The van der Waals surface area contributed by atoms with Crippen LogP contribution in [0.4, 0.5) is 21.0 Å². The third-order valence-electron chi connectivity index (χ3n) is 4.81. The molecule has 42 heavy (non-hydrogen) atoms. The molecule has 0 heterocycles. The standard InChI is InChI=1S/C24H16Cl10N4O4/c25-13-7-5-11(9-15(13)27)35-21(39)37-19(23(29,30)31)41-17-3-1-2-4-18(17)42-20(24(32,33)34)38-22(40)36-12-6-8-14(26)16(28)10-12/h1-10,19-20H,(H2,35,37,39)(H2,36,38,40)/t19-,20-/m1/s1. The number of halogens is 10. The van der Waals surface area contributed by atoms with Crippen LogP contribution < -0.4 is 30.7 Å². The fourth-order valence-corrected chi connectivity index (χ4v) is 4.17. The van der Waals surface area contributed by atoms with E-state index in [4.69, 9.17) is 125 Å². The number of benzene rings is 3. The van der Waals surface area contributed by atoms with Gasteiger partial charge in [0.15, 0.2) is 11.5 Å². The molecule has 0 radical (unpaired) electrons. The fourth-order valence-electron chi connectivity index (χ4n) is 2.98. The van der Waals surface area contributed by atoms with Crippen LogP contribution in [0.1, 0.15) is 0 Å². The Labute approximate surface area is 290 Å². The molecule has 0 bridgehead atoms. The first-order valence-electron chi connectivity index (χ1n) is 11.1. The molecule has 0 fully saturated rings. The second kappa shape index (κ2) is 15.1. The van der Waals surface area contributed by atoms with Crippen molar-refractivity contribution < 1.29 is 19.1 Å². The van der Waals surface area contributed by atoms with Gasteiger partial charge in [-0.05, 0) is 48.5 Å². The first-order chi connectivity index (χ1) is 19.5. The predicted molar refractivity (Wildman–Crippen MR) is 173 cm³/mol. The summed E-state index contributed by atoms with van der Waals surface area (Å²) in [6.45, 7) is 0. The summed E-state index contributed by atoms with van der Waals surface area (Å²) in [5.41, 5.74) is 0.592. The molecule has 3 aromatic rings. The van der Waals surface area contributed by atoms with Crippen molar-refractivity contribution in [3.05, 3.63) is 80.8 Å². The average molecular weight is 779 g/mol. The molecule has 8 nitrogen and oxygen atoms in total. The van der Waals surface area contributed by atoms with Crippen LogP contribution in [0.2, 0.25) is 20.1 Å². The lowest BCUT2D eigenvalue weighted by molar-refractivity contribution is 0.140. The Morgan fingerprint density at radius 1 is 0.571 bits per heavy atom. The summed E-state index contributed by atoms with van der Waals surface area (Å²) in [6, 6.07) is 13.1. The van der Waals surface area contributed by atoms with Crippen LogP contribution in [0.3, 0.4) is 0 Å². The summed E-state index contributed by atoms with van der Waals surface area (Å²) in [7, 11) is 0. The number of amides is 4. The Hall–Kier alpha value is -1.30. The summed E-state index contributed by atoms with van der Waals surface area (Å²) in [6.07, 6.45) is -3.15. The molecule has 226 valence electrons. The second-order valence-corrected chi connectivity index (χ2v) is 14.3. The average Bonchev–Trinajstić information content (AvgIpc) is 2.87. The van der Waals surface area contributed by atoms with E-state index in [1.807, 2.05) is 0 Å². The van der Waals surface area contributed by atoms with Crippen LogP contribution in [0.15, 0.2) is 60.7 Å². The molecule has 2 atom stereocenters. The zero-order chi connectivity index (χ0) is 31.2. The number of carbonyl (C=O) groups excluding carboxylic acids is 2. The zero-order valence-electron chi connectivity index (χ0n) is 20.3. The summed E-state index contributed by atoms with van der Waals surface area (Å²) in [4.78, 5) is 25.3. The third kappa shape index (κ3) is 10.7. The van der Waals surface area contributed by atoms with Crippen LogP contribution in [0.25, 0.3) is 0 Å². The minimum absolute atomic E-state index is 0.0606. The highest BCUT2D eigenvalue weighted by Crippen LogP contribution is 2.38. The van der Waals surface area contributed by atoms with Crippen molar-refractivity contribution >= 4 is 139 Å². The van der Waals surface area contributed by atoms with E-state index in [1.54, 1.807) is 12.1 Å². The normalized spacial score (nSPS) is 13.0. The van der Waals surface area contributed by atoms with Gasteiger partial charge in [-0.3, -0.25) is 10.6 Å². The van der Waals surface area contributed by atoms with E-state index in [0.717, 1.165) is 0 Å². The number of nitrogens with one attached hydrogen (secondary N) is 4. The maximum atomic E-state index is 12.7. The van der Waals surface area contributed by atoms with E-state index in [2.05, 4.69) is 21.3 Å². The molecule has 0 unspecified atom stereocenters. The minimum Gasteiger partial charge on any atom is -0.462 e. The number of urea groups is 2. The number of hydrogen-bond acceptors (Lipinski definition) is 4. The van der Waals surface area contributed by atoms with Gasteiger partial charge in [0, 0.05) is 11.4 Å². The molecule has 0 aliphatic carbocycles. The molecular formula is C24H16Cl10N4O4. The first kappa shape index (κ1) is 35.2. The van der Waals surface area contributed by atoms with E-state index in [-0.39, 0.29) is 31.6 Å². The fraction of sp³-hybridized carbons (Fsp3) is 0.167. The van der Waals surface area contributed by atoms with Crippen molar-refractivity contribution in [2.75, 3.05) is 10.6 Å².